The molecule has 26 heavy (non-hydrogen) atoms. The Bertz CT molecular complexity index is 727. The summed E-state index contributed by atoms with van der Waals surface area (Å²) in [6, 6.07) is 8.97. The Labute approximate surface area is 155 Å². The van der Waals surface area contributed by atoms with Crippen molar-refractivity contribution in [3.05, 3.63) is 41.7 Å². The average molecular weight is 356 g/mol. The fourth-order valence-corrected chi connectivity index (χ4v) is 2.32. The zero-order chi connectivity index (χ0) is 19.1. The lowest BCUT2D eigenvalue weighted by molar-refractivity contribution is 0.102. The number of ether oxygens (including phenoxy) is 1. The molecule has 1 amide bonds. The van der Waals surface area contributed by atoms with Gasteiger partial charge in [-0.2, -0.15) is 0 Å². The number of carbonyl (C=O) groups is 1. The molecule has 0 saturated carbocycles. The lowest BCUT2D eigenvalue weighted by atomic mass is 10.1. The second kappa shape index (κ2) is 9.17. The maximum absolute atomic E-state index is 12.5. The van der Waals surface area contributed by atoms with Crippen molar-refractivity contribution >= 4 is 17.5 Å². The fraction of sp³-hybridized carbons (Fsp3) is 0.450. The Morgan fingerprint density at radius 3 is 2.42 bits per heavy atom. The molecule has 0 atom stereocenters. The molecule has 0 spiro atoms. The van der Waals surface area contributed by atoms with E-state index in [1.54, 1.807) is 6.07 Å². The number of benzene rings is 1. The van der Waals surface area contributed by atoms with Crippen LogP contribution in [0.4, 0.5) is 11.6 Å². The first-order valence-corrected chi connectivity index (χ1v) is 9.01. The molecule has 140 valence electrons. The molecule has 1 heterocycles. The van der Waals surface area contributed by atoms with Crippen molar-refractivity contribution in [2.45, 2.75) is 47.1 Å². The molecule has 0 aliphatic heterocycles. The van der Waals surface area contributed by atoms with Crippen LogP contribution in [-0.4, -0.2) is 28.5 Å². The molecule has 0 radical (unpaired) electrons. The maximum atomic E-state index is 12.5. The van der Waals surface area contributed by atoms with Crippen LogP contribution in [0.5, 0.6) is 5.75 Å². The molecule has 6 heteroatoms. The summed E-state index contributed by atoms with van der Waals surface area (Å²) in [6.45, 7) is 10.9. The lowest BCUT2D eigenvalue weighted by Crippen LogP contribution is -2.16. The minimum Gasteiger partial charge on any atom is -0.491 e. The van der Waals surface area contributed by atoms with Gasteiger partial charge in [-0.3, -0.25) is 4.79 Å². The van der Waals surface area contributed by atoms with Gasteiger partial charge in [0.25, 0.3) is 5.91 Å². The largest absolute Gasteiger partial charge is 0.491 e. The number of aromatic nitrogens is 2. The topological polar surface area (TPSA) is 76.1 Å². The highest BCUT2D eigenvalue weighted by molar-refractivity contribution is 6.03. The van der Waals surface area contributed by atoms with E-state index in [0.29, 0.717) is 23.2 Å². The smallest absolute Gasteiger partial charge is 0.274 e. The van der Waals surface area contributed by atoms with Gasteiger partial charge in [0.2, 0.25) is 5.95 Å². The lowest BCUT2D eigenvalue weighted by Gasteiger charge is -2.11. The first kappa shape index (κ1) is 19.7. The molecule has 0 aliphatic rings. The Hall–Kier alpha value is -2.63. The fourth-order valence-electron chi connectivity index (χ4n) is 2.32. The van der Waals surface area contributed by atoms with Gasteiger partial charge in [-0.15, -0.1) is 0 Å². The number of anilines is 2. The van der Waals surface area contributed by atoms with Gasteiger partial charge in [0, 0.05) is 17.9 Å². The highest BCUT2D eigenvalue weighted by Gasteiger charge is 2.11. The van der Waals surface area contributed by atoms with Crippen molar-refractivity contribution in [1.29, 1.82) is 0 Å². The van der Waals surface area contributed by atoms with Gasteiger partial charge in [-0.05, 0) is 63.4 Å². The summed E-state index contributed by atoms with van der Waals surface area (Å²) in [5.41, 5.74) is 1.78. The Morgan fingerprint density at radius 1 is 1.12 bits per heavy atom. The van der Waals surface area contributed by atoms with Gasteiger partial charge in [0.15, 0.2) is 0 Å². The monoisotopic (exact) mass is 356 g/mol. The second-order valence-corrected chi connectivity index (χ2v) is 6.97. The van der Waals surface area contributed by atoms with Gasteiger partial charge >= 0.3 is 0 Å². The third-order valence-electron chi connectivity index (χ3n) is 3.58. The standard InChI is InChI=1S/C20H28N4O2/c1-13(2)10-11-21-20-22-15(5)12-18(24-20)19(25)23-16-6-8-17(9-7-16)26-14(3)4/h6-9,12-14H,10-11H2,1-5H3,(H,23,25)(H,21,22,24). The van der Waals surface area contributed by atoms with Gasteiger partial charge in [0.05, 0.1) is 6.10 Å². The predicted molar refractivity (Wildman–Crippen MR) is 105 cm³/mol. The number of hydrogen-bond donors (Lipinski definition) is 2. The molecule has 0 saturated heterocycles. The SMILES string of the molecule is Cc1cc(C(=O)Nc2ccc(OC(C)C)cc2)nc(NCCC(C)C)n1. The second-order valence-electron chi connectivity index (χ2n) is 6.97. The van der Waals surface area contributed by atoms with Crippen LogP contribution < -0.4 is 15.4 Å². The summed E-state index contributed by atoms with van der Waals surface area (Å²) in [7, 11) is 0. The summed E-state index contributed by atoms with van der Waals surface area (Å²) < 4.78 is 5.60. The summed E-state index contributed by atoms with van der Waals surface area (Å²) in [5, 5.41) is 6.04. The highest BCUT2D eigenvalue weighted by atomic mass is 16.5. The van der Waals surface area contributed by atoms with Crippen molar-refractivity contribution in [2.24, 2.45) is 5.92 Å². The molecule has 2 N–H and O–H groups in total. The van der Waals surface area contributed by atoms with Crippen molar-refractivity contribution < 1.29 is 9.53 Å². The van der Waals surface area contributed by atoms with Gasteiger partial charge in [0.1, 0.15) is 11.4 Å². The van der Waals surface area contributed by atoms with E-state index < -0.39 is 0 Å². The van der Waals surface area contributed by atoms with E-state index in [9.17, 15) is 4.79 Å². The molecule has 0 aliphatic carbocycles. The number of aryl methyl sites for hydroxylation is 1. The van der Waals surface area contributed by atoms with Crippen LogP contribution in [0.15, 0.2) is 30.3 Å². The average Bonchev–Trinajstić information content (AvgIpc) is 2.55. The molecule has 0 unspecified atom stereocenters. The minimum absolute atomic E-state index is 0.112. The van der Waals surface area contributed by atoms with Crippen LogP contribution in [0.25, 0.3) is 0 Å². The van der Waals surface area contributed by atoms with Crippen LogP contribution in [0.1, 0.15) is 50.3 Å². The zero-order valence-electron chi connectivity index (χ0n) is 16.2. The number of amides is 1. The van der Waals surface area contributed by atoms with Crippen LogP contribution in [0, 0.1) is 12.8 Å². The van der Waals surface area contributed by atoms with Gasteiger partial charge in [-0.25, -0.2) is 9.97 Å². The first-order chi connectivity index (χ1) is 12.3. The van der Waals surface area contributed by atoms with E-state index in [1.165, 1.54) is 0 Å². The first-order valence-electron chi connectivity index (χ1n) is 9.01. The quantitative estimate of drug-likeness (QED) is 0.738. The Balaban J connectivity index is 2.03. The Morgan fingerprint density at radius 2 is 1.81 bits per heavy atom. The van der Waals surface area contributed by atoms with Crippen LogP contribution in [0.3, 0.4) is 0 Å². The van der Waals surface area contributed by atoms with Gasteiger partial charge in [-0.1, -0.05) is 13.8 Å². The molecule has 2 aromatic rings. The summed E-state index contributed by atoms with van der Waals surface area (Å²) in [4.78, 5) is 21.2. The predicted octanol–water partition coefficient (Wildman–Crippen LogP) is 4.28. The van der Waals surface area contributed by atoms with E-state index in [1.807, 2.05) is 45.0 Å². The van der Waals surface area contributed by atoms with Crippen LogP contribution in [-0.2, 0) is 0 Å². The summed E-state index contributed by atoms with van der Waals surface area (Å²) in [5.74, 6) is 1.58. The molecule has 0 bridgehead atoms. The number of rotatable bonds is 8. The van der Waals surface area contributed by atoms with Crippen molar-refractivity contribution in [2.75, 3.05) is 17.2 Å². The molecule has 0 fully saturated rings. The third-order valence-corrected chi connectivity index (χ3v) is 3.58. The van der Waals surface area contributed by atoms with Crippen LogP contribution >= 0.6 is 0 Å². The highest BCUT2D eigenvalue weighted by Crippen LogP contribution is 2.17. The molecular weight excluding hydrogens is 328 g/mol. The van der Waals surface area contributed by atoms with E-state index in [-0.39, 0.29) is 12.0 Å². The molecule has 6 nitrogen and oxygen atoms in total. The van der Waals surface area contributed by atoms with Crippen molar-refractivity contribution in [3.8, 4) is 5.75 Å². The van der Waals surface area contributed by atoms with E-state index in [2.05, 4.69) is 34.4 Å². The molecule has 2 rings (SSSR count). The zero-order valence-corrected chi connectivity index (χ0v) is 16.2. The number of hydrogen-bond acceptors (Lipinski definition) is 5. The third kappa shape index (κ3) is 6.35. The molecule has 1 aromatic carbocycles. The van der Waals surface area contributed by atoms with E-state index in [0.717, 1.165) is 24.4 Å². The Kier molecular flexibility index (Phi) is 6.95. The van der Waals surface area contributed by atoms with E-state index >= 15 is 0 Å². The number of nitrogens with one attached hydrogen (secondary N) is 2. The minimum atomic E-state index is -0.264. The number of carbonyl (C=O) groups excluding carboxylic acids is 1. The van der Waals surface area contributed by atoms with Gasteiger partial charge < -0.3 is 15.4 Å². The summed E-state index contributed by atoms with van der Waals surface area (Å²) >= 11 is 0. The molecular formula is C20H28N4O2. The molecule has 1 aromatic heterocycles. The maximum Gasteiger partial charge on any atom is 0.274 e. The van der Waals surface area contributed by atoms with Crippen molar-refractivity contribution in [3.63, 3.8) is 0 Å². The van der Waals surface area contributed by atoms with E-state index in [4.69, 9.17) is 4.74 Å². The number of nitrogens with zero attached hydrogens (tertiary/aromatic N) is 2. The van der Waals surface area contributed by atoms with Crippen LogP contribution in [0.2, 0.25) is 0 Å². The van der Waals surface area contributed by atoms with Crippen molar-refractivity contribution in [1.82, 2.24) is 9.97 Å². The summed E-state index contributed by atoms with van der Waals surface area (Å²) in [6.07, 6.45) is 1.13. The normalized spacial score (nSPS) is 10.9.